The van der Waals surface area contributed by atoms with Crippen molar-refractivity contribution in [3.63, 3.8) is 0 Å². The quantitative estimate of drug-likeness (QED) is 0.0930. The van der Waals surface area contributed by atoms with Crippen LogP contribution in [0.25, 0.3) is 11.0 Å². The van der Waals surface area contributed by atoms with Crippen LogP contribution in [0.2, 0.25) is 0 Å². The number of hydrogen-bond donors (Lipinski definition) is 0. The molecule has 6 aromatic carbocycles. The maximum atomic E-state index is 5.75. The third-order valence-electron chi connectivity index (χ3n) is 8.85. The molecule has 6 aromatic rings. The van der Waals surface area contributed by atoms with E-state index in [1.807, 2.05) is 6.07 Å². The Bertz CT molecular complexity index is 2050. The van der Waals surface area contributed by atoms with E-state index in [1.165, 1.54) is 10.6 Å². The van der Waals surface area contributed by atoms with E-state index >= 15 is 0 Å². The van der Waals surface area contributed by atoms with Crippen LogP contribution in [0.3, 0.4) is 0 Å². The Kier molecular flexibility index (Phi) is 13.9. The molecule has 0 bridgehead atoms. The van der Waals surface area contributed by atoms with Crippen LogP contribution in [0.15, 0.2) is 191 Å². The summed E-state index contributed by atoms with van der Waals surface area (Å²) >= 11 is 3.35. The standard InChI is InChI=1S/C44H44N3P2.ClH.Ni/c1-35(2)48(36(3)4,46-38-24-12-6-13-25-38)34-43(37-22-10-5-11-23-37)45-42-32-20-21-33-44(42)49(40-28-16-8-17-29-40,41-30-18-9-19-31-41)47-39-26-14-7-15-27-39;;/h5-36H,1-4H3;1H;/q-1;;+1/p-1/b43-34-;;. The zero-order chi connectivity index (χ0) is 36.1. The van der Waals surface area contributed by atoms with E-state index in [9.17, 15) is 0 Å². The topological polar surface area (TPSA) is 38.8 Å². The van der Waals surface area contributed by atoms with Crippen molar-refractivity contribution < 1.29 is 14.6 Å². The molecule has 0 amide bonds. The van der Waals surface area contributed by atoms with Crippen LogP contribution in [0.4, 0.5) is 17.1 Å². The molecule has 0 saturated heterocycles. The van der Waals surface area contributed by atoms with Crippen LogP contribution in [-0.2, 0) is 14.6 Å². The third-order valence-corrected chi connectivity index (χ3v) is 17.1. The van der Waals surface area contributed by atoms with E-state index in [2.05, 4.69) is 228 Å². The molecule has 0 aliphatic rings. The second-order valence-corrected chi connectivity index (χ2v) is 19.7. The van der Waals surface area contributed by atoms with Crippen LogP contribution < -0.4 is 15.9 Å². The van der Waals surface area contributed by atoms with Crippen molar-refractivity contribution in [3.8, 4) is 0 Å². The molecule has 0 aliphatic heterocycles. The summed E-state index contributed by atoms with van der Waals surface area (Å²) in [6, 6.07) is 61.6. The van der Waals surface area contributed by atoms with Crippen LogP contribution in [0, 0.1) is 0 Å². The van der Waals surface area contributed by atoms with Gasteiger partial charge in [-0.1, -0.05) is 185 Å². The molecule has 6 rings (SSSR count). The van der Waals surface area contributed by atoms with Gasteiger partial charge in [-0.15, -0.1) is 11.4 Å². The third kappa shape index (κ3) is 8.95. The van der Waals surface area contributed by atoms with Gasteiger partial charge in [0.2, 0.25) is 0 Å². The Balaban J connectivity index is 0.00000248. The molecule has 0 unspecified atom stereocenters. The summed E-state index contributed by atoms with van der Waals surface area (Å²) in [5, 5.41) is 9.16. The van der Waals surface area contributed by atoms with Crippen LogP contribution in [0.1, 0.15) is 33.3 Å². The molecular weight excluding hydrogens is 727 g/mol. The molecule has 0 N–H and O–H groups in total. The molecule has 0 aliphatic carbocycles. The van der Waals surface area contributed by atoms with Crippen LogP contribution >= 0.6 is 24.3 Å². The fraction of sp³-hybridized carbons (Fsp3) is 0.136. The summed E-state index contributed by atoms with van der Waals surface area (Å²) in [6.45, 7) is 9.25. The molecule has 0 aromatic heterocycles. The molecule has 51 heavy (non-hydrogen) atoms. The second kappa shape index (κ2) is 18.6. The van der Waals surface area contributed by atoms with Crippen molar-refractivity contribution in [2.45, 2.75) is 39.0 Å². The average molecular weight is 771 g/mol. The van der Waals surface area contributed by atoms with E-state index in [1.54, 1.807) is 0 Å². The first kappa shape index (κ1) is 38.3. The Morgan fingerprint density at radius 3 is 1.39 bits per heavy atom. The van der Waals surface area contributed by atoms with Gasteiger partial charge in [-0.05, 0) is 46.5 Å². The van der Waals surface area contributed by atoms with Gasteiger partial charge in [0.15, 0.2) is 0 Å². The first-order valence-electron chi connectivity index (χ1n) is 17.1. The zero-order valence-corrected chi connectivity index (χ0v) is 32.9. The van der Waals surface area contributed by atoms with E-state index in [-0.39, 0.29) is 0 Å². The summed E-state index contributed by atoms with van der Waals surface area (Å²) < 4.78 is 11.3. The molecule has 0 spiro atoms. The van der Waals surface area contributed by atoms with Crippen LogP contribution in [-0.4, -0.2) is 11.3 Å². The number of halogens is 1. The molecule has 263 valence electrons. The number of para-hydroxylation sites is 1. The first-order chi connectivity index (χ1) is 24.9. The van der Waals surface area contributed by atoms with E-state index < -0.39 is 14.1 Å². The number of rotatable bonds is 11. The van der Waals surface area contributed by atoms with Gasteiger partial charge in [0, 0.05) is 17.7 Å². The van der Waals surface area contributed by atoms with Gasteiger partial charge in [-0.2, -0.15) is 0 Å². The van der Waals surface area contributed by atoms with Crippen LogP contribution in [0.5, 0.6) is 0 Å². The maximum absolute atomic E-state index is 5.75. The predicted octanol–water partition coefficient (Wildman–Crippen LogP) is 13.5. The molecule has 0 atom stereocenters. The van der Waals surface area contributed by atoms with Gasteiger partial charge < -0.3 is 5.32 Å². The Morgan fingerprint density at radius 2 is 0.922 bits per heavy atom. The Morgan fingerprint density at radius 1 is 0.529 bits per heavy atom. The van der Waals surface area contributed by atoms with Gasteiger partial charge in [0.25, 0.3) is 0 Å². The molecule has 0 heterocycles. The molecule has 3 nitrogen and oxygen atoms in total. The van der Waals surface area contributed by atoms with Gasteiger partial charge in [0.05, 0.1) is 18.4 Å². The van der Waals surface area contributed by atoms with Crippen molar-refractivity contribution in [2.24, 2.45) is 9.49 Å². The predicted molar refractivity (Wildman–Crippen MR) is 223 cm³/mol. The van der Waals surface area contributed by atoms with E-state index in [0.29, 0.717) is 11.3 Å². The summed E-state index contributed by atoms with van der Waals surface area (Å²) in [7, 11) is -0.443. The molecule has 0 saturated carbocycles. The normalized spacial score (nSPS) is 11.8. The summed E-state index contributed by atoms with van der Waals surface area (Å²) in [5.41, 5.74) is 5.56. The number of hydrogen-bond acceptors (Lipinski definition) is 2. The number of benzene rings is 6. The summed E-state index contributed by atoms with van der Waals surface area (Å²) in [6.07, 6.45) is 0. The van der Waals surface area contributed by atoms with Crippen molar-refractivity contribution in [2.75, 3.05) is 0 Å². The van der Waals surface area contributed by atoms with Gasteiger partial charge >= 0.3 is 24.8 Å². The van der Waals surface area contributed by atoms with Crippen molar-refractivity contribution in [1.82, 2.24) is 0 Å². The second-order valence-electron chi connectivity index (χ2n) is 12.6. The van der Waals surface area contributed by atoms with E-state index in [0.717, 1.165) is 33.6 Å². The van der Waals surface area contributed by atoms with Crippen molar-refractivity contribution >= 4 is 63.0 Å². The van der Waals surface area contributed by atoms with E-state index in [4.69, 9.17) is 14.8 Å². The Hall–Kier alpha value is -3.90. The minimum absolute atomic E-state index is 0.324. The average Bonchev–Trinajstić information content (AvgIpc) is 3.19. The summed E-state index contributed by atoms with van der Waals surface area (Å²) in [5.74, 6) is 2.43. The monoisotopic (exact) mass is 769 g/mol. The molecule has 0 radical (unpaired) electrons. The molecule has 7 heteroatoms. The minimum atomic E-state index is -2.61. The van der Waals surface area contributed by atoms with Gasteiger partial charge in [-0.25, -0.2) is 0 Å². The zero-order valence-electron chi connectivity index (χ0n) is 29.4. The molecule has 0 fully saturated rings. The van der Waals surface area contributed by atoms with Gasteiger partial charge in [-0.3, -0.25) is 9.49 Å². The van der Waals surface area contributed by atoms with Crippen molar-refractivity contribution in [3.05, 3.63) is 193 Å². The van der Waals surface area contributed by atoms with Gasteiger partial charge in [0.1, 0.15) is 0 Å². The fourth-order valence-corrected chi connectivity index (χ4v) is 13.4. The fourth-order valence-electron chi connectivity index (χ4n) is 6.34. The first-order valence-corrected chi connectivity index (χ1v) is 22.1. The summed E-state index contributed by atoms with van der Waals surface area (Å²) in [4.78, 5) is 0. The number of nitrogens with zero attached hydrogens (tertiary/aromatic N) is 3. The Labute approximate surface area is 317 Å². The van der Waals surface area contributed by atoms with Crippen molar-refractivity contribution in [1.29, 1.82) is 0 Å². The molecular formula is C44H44ClN3NiP2-. The SMILES string of the molecule is CC(C)P(/C=C(\[N-]c1ccccc1P(=Nc1ccccc1)(c1ccccc1)c1ccccc1)c1ccccc1)(=Nc1ccccc1)C(C)C.[Cl][Ni].